The predicted molar refractivity (Wildman–Crippen MR) is 97.0 cm³/mol. The summed E-state index contributed by atoms with van der Waals surface area (Å²) in [6.07, 6.45) is -0.166. The molecular formula is C17H19NO6S2. The number of benzene rings is 1. The highest BCUT2D eigenvalue weighted by Gasteiger charge is 2.16. The maximum Gasteiger partial charge on any atom is 0.307 e. The summed E-state index contributed by atoms with van der Waals surface area (Å²) < 4.78 is 36.4. The van der Waals surface area contributed by atoms with E-state index >= 15 is 0 Å². The first kappa shape index (κ1) is 20.1. The van der Waals surface area contributed by atoms with Crippen molar-refractivity contribution in [2.45, 2.75) is 17.6 Å². The number of esters is 1. The van der Waals surface area contributed by atoms with Gasteiger partial charge in [0.2, 0.25) is 10.0 Å². The second kappa shape index (κ2) is 9.46. The lowest BCUT2D eigenvalue weighted by Gasteiger charge is -2.07. The number of Topliss-reactive ketones (excluding diaryl/α,β-unsaturated/α-hetero) is 1. The molecule has 0 saturated carbocycles. The molecule has 0 saturated heterocycles. The van der Waals surface area contributed by atoms with E-state index in [1.54, 1.807) is 35.7 Å². The minimum atomic E-state index is -3.61. The predicted octanol–water partition coefficient (Wildman–Crippen LogP) is 2.24. The molecule has 0 amide bonds. The third-order valence-corrected chi connectivity index (χ3v) is 6.09. The van der Waals surface area contributed by atoms with Crippen LogP contribution in [-0.4, -0.2) is 39.9 Å². The van der Waals surface area contributed by atoms with Crippen LogP contribution in [0.15, 0.2) is 46.0 Å². The molecular weight excluding hydrogens is 378 g/mol. The van der Waals surface area contributed by atoms with Crippen LogP contribution in [-0.2, 0) is 19.6 Å². The van der Waals surface area contributed by atoms with Gasteiger partial charge >= 0.3 is 5.97 Å². The maximum atomic E-state index is 12.0. The molecule has 9 heteroatoms. The van der Waals surface area contributed by atoms with Crippen molar-refractivity contribution >= 4 is 33.1 Å². The van der Waals surface area contributed by atoms with Crippen LogP contribution in [0.2, 0.25) is 0 Å². The Balaban J connectivity index is 1.73. The van der Waals surface area contributed by atoms with Gasteiger partial charge in [-0.3, -0.25) is 9.59 Å². The molecule has 1 aromatic carbocycles. The van der Waals surface area contributed by atoms with Crippen LogP contribution in [0.3, 0.4) is 0 Å². The lowest BCUT2D eigenvalue weighted by Crippen LogP contribution is -2.26. The van der Waals surface area contributed by atoms with Gasteiger partial charge in [0.05, 0.1) is 13.0 Å². The number of hydrogen-bond donors (Lipinski definition) is 1. The van der Waals surface area contributed by atoms with E-state index in [1.807, 2.05) is 6.92 Å². The molecule has 0 unspecified atom stereocenters. The number of thiophene rings is 1. The van der Waals surface area contributed by atoms with Crippen LogP contribution in [0.5, 0.6) is 5.75 Å². The zero-order chi connectivity index (χ0) is 19.0. The highest BCUT2D eigenvalue weighted by molar-refractivity contribution is 7.91. The highest BCUT2D eigenvalue weighted by atomic mass is 32.2. The molecule has 1 N–H and O–H groups in total. The Bertz CT molecular complexity index is 829. The molecule has 26 heavy (non-hydrogen) atoms. The van der Waals surface area contributed by atoms with E-state index in [-0.39, 0.29) is 23.0 Å². The summed E-state index contributed by atoms with van der Waals surface area (Å²) in [7, 11) is -3.61. The Kier molecular flexibility index (Phi) is 7.31. The van der Waals surface area contributed by atoms with Gasteiger partial charge < -0.3 is 9.47 Å². The van der Waals surface area contributed by atoms with Crippen molar-refractivity contribution in [1.29, 1.82) is 0 Å². The van der Waals surface area contributed by atoms with Crippen LogP contribution in [0.4, 0.5) is 0 Å². The van der Waals surface area contributed by atoms with Crippen molar-refractivity contribution in [2.75, 3.05) is 19.8 Å². The Labute approximate surface area is 156 Å². The van der Waals surface area contributed by atoms with Crippen molar-refractivity contribution in [2.24, 2.45) is 0 Å². The van der Waals surface area contributed by atoms with E-state index in [2.05, 4.69) is 4.72 Å². The maximum absolute atomic E-state index is 12.0. The number of rotatable bonds is 10. The van der Waals surface area contributed by atoms with Gasteiger partial charge in [0.15, 0.2) is 12.4 Å². The average Bonchev–Trinajstić information content (AvgIpc) is 3.16. The van der Waals surface area contributed by atoms with Crippen molar-refractivity contribution in [3.05, 3.63) is 47.3 Å². The van der Waals surface area contributed by atoms with Gasteiger partial charge in [0.25, 0.3) is 0 Å². The van der Waals surface area contributed by atoms with Crippen LogP contribution >= 0.6 is 11.3 Å². The SMILES string of the molecule is CCOc1ccc(C(=O)COC(=O)CCNS(=O)(=O)c2cccs2)cc1. The summed E-state index contributed by atoms with van der Waals surface area (Å²) in [4.78, 5) is 23.6. The fraction of sp³-hybridized carbons (Fsp3) is 0.294. The van der Waals surface area contributed by atoms with Crippen LogP contribution in [0.25, 0.3) is 0 Å². The Morgan fingerprint density at radius 2 is 1.88 bits per heavy atom. The number of ketones is 1. The van der Waals surface area contributed by atoms with Crippen molar-refractivity contribution in [3.63, 3.8) is 0 Å². The van der Waals surface area contributed by atoms with Gasteiger partial charge in [0, 0.05) is 12.1 Å². The second-order valence-electron chi connectivity index (χ2n) is 5.12. The second-order valence-corrected chi connectivity index (χ2v) is 8.06. The molecule has 0 spiro atoms. The molecule has 0 aliphatic carbocycles. The molecule has 1 aromatic heterocycles. The number of nitrogens with one attached hydrogen (secondary N) is 1. The molecule has 1 heterocycles. The molecule has 0 bridgehead atoms. The van der Waals surface area contributed by atoms with E-state index in [9.17, 15) is 18.0 Å². The van der Waals surface area contributed by atoms with E-state index in [1.165, 1.54) is 6.07 Å². The van der Waals surface area contributed by atoms with E-state index in [0.717, 1.165) is 11.3 Å². The summed E-state index contributed by atoms with van der Waals surface area (Å²) in [6, 6.07) is 9.61. The fourth-order valence-electron chi connectivity index (χ4n) is 1.98. The summed E-state index contributed by atoms with van der Waals surface area (Å²) in [6.45, 7) is 1.89. The number of ether oxygens (including phenoxy) is 2. The molecule has 2 aromatic rings. The largest absolute Gasteiger partial charge is 0.494 e. The van der Waals surface area contributed by atoms with Crippen LogP contribution < -0.4 is 9.46 Å². The fourth-order valence-corrected chi connectivity index (χ4v) is 4.05. The van der Waals surface area contributed by atoms with Gasteiger partial charge in [-0.05, 0) is 42.6 Å². The summed E-state index contributed by atoms with van der Waals surface area (Å²) >= 11 is 1.08. The van der Waals surface area contributed by atoms with Crippen LogP contribution in [0, 0.1) is 0 Å². The van der Waals surface area contributed by atoms with E-state index in [0.29, 0.717) is 17.9 Å². The summed E-state index contributed by atoms with van der Waals surface area (Å²) in [5.41, 5.74) is 0.402. The third kappa shape index (κ3) is 5.94. The molecule has 0 fully saturated rings. The van der Waals surface area contributed by atoms with Gasteiger partial charge in [-0.15, -0.1) is 11.3 Å². The van der Waals surface area contributed by atoms with Crippen LogP contribution in [0.1, 0.15) is 23.7 Å². The number of sulfonamides is 1. The van der Waals surface area contributed by atoms with Crippen molar-refractivity contribution < 1.29 is 27.5 Å². The monoisotopic (exact) mass is 397 g/mol. The smallest absolute Gasteiger partial charge is 0.307 e. The first-order valence-corrected chi connectivity index (χ1v) is 10.2. The number of hydrogen-bond acceptors (Lipinski definition) is 7. The van der Waals surface area contributed by atoms with Crippen molar-refractivity contribution in [1.82, 2.24) is 4.72 Å². The lowest BCUT2D eigenvalue weighted by atomic mass is 10.1. The number of carbonyl (C=O) groups excluding carboxylic acids is 2. The van der Waals surface area contributed by atoms with Gasteiger partial charge in [-0.1, -0.05) is 6.07 Å². The molecule has 0 aliphatic heterocycles. The molecule has 0 radical (unpaired) electrons. The first-order valence-electron chi connectivity index (χ1n) is 7.87. The first-order chi connectivity index (χ1) is 12.4. The normalized spacial score (nSPS) is 11.1. The Morgan fingerprint density at radius 3 is 2.50 bits per heavy atom. The van der Waals surface area contributed by atoms with E-state index in [4.69, 9.17) is 9.47 Å². The molecule has 0 aliphatic rings. The minimum Gasteiger partial charge on any atom is -0.494 e. The summed E-state index contributed by atoms with van der Waals surface area (Å²) in [5, 5.41) is 1.65. The topological polar surface area (TPSA) is 98.8 Å². The molecule has 7 nitrogen and oxygen atoms in total. The Hall–Kier alpha value is -2.23. The zero-order valence-corrected chi connectivity index (χ0v) is 15.8. The van der Waals surface area contributed by atoms with E-state index < -0.39 is 22.6 Å². The summed E-state index contributed by atoms with van der Waals surface area (Å²) in [5.74, 6) is -0.349. The van der Waals surface area contributed by atoms with Gasteiger partial charge in [-0.25, -0.2) is 13.1 Å². The van der Waals surface area contributed by atoms with Crippen molar-refractivity contribution in [3.8, 4) is 5.75 Å². The quantitative estimate of drug-likeness (QED) is 0.488. The van der Waals surface area contributed by atoms with Gasteiger partial charge in [-0.2, -0.15) is 0 Å². The molecule has 2 rings (SSSR count). The molecule has 0 atom stereocenters. The number of carbonyl (C=O) groups is 2. The lowest BCUT2D eigenvalue weighted by molar-refractivity contribution is -0.142. The standard InChI is InChI=1S/C17H19NO6S2/c1-2-23-14-7-5-13(6-8-14)15(19)12-24-16(20)9-10-18-26(21,22)17-4-3-11-25-17/h3-8,11,18H,2,9-10,12H2,1H3. The minimum absolute atomic E-state index is 0.101. The Morgan fingerprint density at radius 1 is 1.15 bits per heavy atom. The van der Waals surface area contributed by atoms with Gasteiger partial charge in [0.1, 0.15) is 9.96 Å². The average molecular weight is 397 g/mol. The highest BCUT2D eigenvalue weighted by Crippen LogP contribution is 2.15. The third-order valence-electron chi connectivity index (χ3n) is 3.23. The zero-order valence-electron chi connectivity index (χ0n) is 14.1. The molecule has 140 valence electrons.